The zero-order valence-electron chi connectivity index (χ0n) is 15.8. The average molecular weight is 405 g/mol. The molecule has 9 nitrogen and oxygen atoms in total. The summed E-state index contributed by atoms with van der Waals surface area (Å²) in [4.78, 5) is 24.6. The Hall–Kier alpha value is -3.58. The molecule has 4 N–H and O–H groups in total. The summed E-state index contributed by atoms with van der Waals surface area (Å²) in [5, 5.41) is 19.1. The van der Waals surface area contributed by atoms with Gasteiger partial charge in [-0.1, -0.05) is 17.9 Å². The summed E-state index contributed by atoms with van der Waals surface area (Å²) in [6.45, 7) is -0.344. The predicted octanol–water partition coefficient (Wildman–Crippen LogP) is 0.323. The fourth-order valence-electron chi connectivity index (χ4n) is 3.11. The van der Waals surface area contributed by atoms with Crippen molar-refractivity contribution in [2.45, 2.75) is 24.9 Å². The van der Waals surface area contributed by atoms with Crippen LogP contribution in [0.2, 0.25) is 0 Å². The lowest BCUT2D eigenvalue weighted by atomic mass is 10.2. The molecule has 0 radical (unpaired) electrons. The molecule has 0 bridgehead atoms. The van der Waals surface area contributed by atoms with Crippen LogP contribution in [0.3, 0.4) is 0 Å². The van der Waals surface area contributed by atoms with E-state index in [-0.39, 0.29) is 18.8 Å². The second-order valence-electron chi connectivity index (χ2n) is 6.74. The summed E-state index contributed by atoms with van der Waals surface area (Å²) >= 11 is 0. The van der Waals surface area contributed by atoms with Crippen LogP contribution in [0, 0.1) is 11.8 Å². The number of pyridine rings is 2. The summed E-state index contributed by atoms with van der Waals surface area (Å²) < 4.78 is 6.74. The minimum absolute atomic E-state index is 0.000863. The minimum atomic E-state index is -0.873. The number of ether oxygens (including phenoxy) is 1. The lowest BCUT2D eigenvalue weighted by Gasteiger charge is -2.14. The number of aliphatic hydroxyl groups is 2. The Labute approximate surface area is 171 Å². The molecule has 0 aromatic carbocycles. The van der Waals surface area contributed by atoms with Gasteiger partial charge in [-0.2, -0.15) is 4.98 Å². The second kappa shape index (κ2) is 8.42. The number of nitrogens with two attached hydrogens (primary N) is 1. The van der Waals surface area contributed by atoms with E-state index in [1.54, 1.807) is 12.4 Å². The number of aromatic nitrogens is 4. The van der Waals surface area contributed by atoms with E-state index >= 15 is 0 Å². The van der Waals surface area contributed by atoms with Gasteiger partial charge in [-0.3, -0.25) is 14.5 Å². The van der Waals surface area contributed by atoms with Gasteiger partial charge in [0.05, 0.1) is 29.7 Å². The molecule has 4 heterocycles. The molecule has 0 saturated carbocycles. The predicted molar refractivity (Wildman–Crippen MR) is 108 cm³/mol. The number of rotatable bonds is 3. The highest BCUT2D eigenvalue weighted by Crippen LogP contribution is 2.27. The Bertz CT molecular complexity index is 1150. The second-order valence-corrected chi connectivity index (χ2v) is 6.74. The normalized spacial score (nSPS) is 20.5. The average Bonchev–Trinajstić information content (AvgIpc) is 3.14. The third kappa shape index (κ3) is 4.06. The van der Waals surface area contributed by atoms with Gasteiger partial charge in [-0.05, 0) is 24.3 Å². The van der Waals surface area contributed by atoms with Crippen LogP contribution in [-0.2, 0) is 4.74 Å². The van der Waals surface area contributed by atoms with Gasteiger partial charge in [-0.15, -0.1) is 0 Å². The molecule has 1 saturated heterocycles. The molecule has 4 rings (SSSR count). The monoisotopic (exact) mass is 405 g/mol. The lowest BCUT2D eigenvalue weighted by Crippen LogP contribution is -2.28. The Balaban J connectivity index is 1.59. The Morgan fingerprint density at radius 3 is 2.70 bits per heavy atom. The van der Waals surface area contributed by atoms with E-state index in [9.17, 15) is 15.0 Å². The zero-order chi connectivity index (χ0) is 21.1. The molecule has 1 aliphatic rings. The molecular weight excluding hydrogens is 386 g/mol. The number of nitrogen functional groups attached to an aromatic ring is 1. The summed E-state index contributed by atoms with van der Waals surface area (Å²) in [5.74, 6) is 5.84. The molecular formula is C21H19N5O4. The minimum Gasteiger partial charge on any atom is -0.394 e. The van der Waals surface area contributed by atoms with E-state index < -0.39 is 24.1 Å². The van der Waals surface area contributed by atoms with Crippen LogP contribution in [-0.4, -0.2) is 48.5 Å². The van der Waals surface area contributed by atoms with Crippen LogP contribution in [0.4, 0.5) is 5.82 Å². The molecule has 1 fully saturated rings. The van der Waals surface area contributed by atoms with Crippen molar-refractivity contribution in [2.75, 3.05) is 12.3 Å². The highest BCUT2D eigenvalue weighted by Gasteiger charge is 2.35. The van der Waals surface area contributed by atoms with E-state index in [1.165, 1.54) is 10.8 Å². The first-order valence-corrected chi connectivity index (χ1v) is 9.27. The molecule has 9 heteroatoms. The van der Waals surface area contributed by atoms with Crippen molar-refractivity contribution in [1.29, 1.82) is 0 Å². The van der Waals surface area contributed by atoms with Crippen LogP contribution >= 0.6 is 0 Å². The van der Waals surface area contributed by atoms with Crippen LogP contribution in [0.25, 0.3) is 11.4 Å². The number of hydrogen-bond acceptors (Lipinski definition) is 8. The molecule has 0 aliphatic carbocycles. The third-order valence-corrected chi connectivity index (χ3v) is 4.71. The van der Waals surface area contributed by atoms with Crippen molar-refractivity contribution in [3.8, 4) is 23.2 Å². The van der Waals surface area contributed by atoms with Crippen molar-refractivity contribution in [3.05, 3.63) is 70.5 Å². The molecule has 0 unspecified atom stereocenters. The highest BCUT2D eigenvalue weighted by atomic mass is 16.5. The van der Waals surface area contributed by atoms with Gasteiger partial charge in [0.1, 0.15) is 18.1 Å². The Kier molecular flexibility index (Phi) is 5.54. The van der Waals surface area contributed by atoms with Crippen molar-refractivity contribution in [1.82, 2.24) is 19.5 Å². The third-order valence-electron chi connectivity index (χ3n) is 4.71. The smallest absolute Gasteiger partial charge is 0.351 e. The number of nitrogens with zero attached hydrogens (tertiary/aromatic N) is 4. The molecule has 3 aromatic rings. The first-order chi connectivity index (χ1) is 14.5. The van der Waals surface area contributed by atoms with E-state index in [1.807, 2.05) is 30.3 Å². The molecule has 152 valence electrons. The molecule has 30 heavy (non-hydrogen) atoms. The fourth-order valence-corrected chi connectivity index (χ4v) is 3.11. The summed E-state index contributed by atoms with van der Waals surface area (Å²) in [7, 11) is 0. The Morgan fingerprint density at radius 2 is 2.03 bits per heavy atom. The van der Waals surface area contributed by atoms with Crippen LogP contribution in [0.1, 0.15) is 23.8 Å². The highest BCUT2D eigenvalue weighted by molar-refractivity contribution is 5.56. The molecule has 3 aromatic heterocycles. The summed E-state index contributed by atoms with van der Waals surface area (Å²) in [6, 6.07) is 9.22. The van der Waals surface area contributed by atoms with Crippen molar-refractivity contribution < 1.29 is 14.9 Å². The van der Waals surface area contributed by atoms with Gasteiger partial charge in [0.15, 0.2) is 0 Å². The molecule has 0 amide bonds. The van der Waals surface area contributed by atoms with Crippen LogP contribution < -0.4 is 11.4 Å². The maximum Gasteiger partial charge on any atom is 0.351 e. The molecule has 0 spiro atoms. The van der Waals surface area contributed by atoms with Crippen LogP contribution in [0.15, 0.2) is 53.7 Å². The van der Waals surface area contributed by atoms with E-state index in [4.69, 9.17) is 10.5 Å². The SMILES string of the molecule is Nc1nc(=O)n([C@H]2C[C@H](O)[C@@H](CO)O2)cc1C#Cc1ccc(-c2ccccn2)nc1. The fraction of sp³-hybridized carbons (Fsp3) is 0.238. The van der Waals surface area contributed by atoms with Gasteiger partial charge in [0.25, 0.3) is 0 Å². The quantitative estimate of drug-likeness (QED) is 0.530. The molecule has 3 atom stereocenters. The Morgan fingerprint density at radius 1 is 1.20 bits per heavy atom. The van der Waals surface area contributed by atoms with Gasteiger partial charge < -0.3 is 20.7 Å². The van der Waals surface area contributed by atoms with E-state index in [0.717, 1.165) is 11.4 Å². The van der Waals surface area contributed by atoms with Crippen molar-refractivity contribution in [2.24, 2.45) is 0 Å². The summed E-state index contributed by atoms with van der Waals surface area (Å²) in [6.07, 6.45) is 2.55. The van der Waals surface area contributed by atoms with E-state index in [0.29, 0.717) is 11.1 Å². The standard InChI is InChI=1S/C21H19N5O4/c22-20-14(11-26(21(29)25-20)19-9-17(28)18(12-27)30-19)6-4-13-5-7-16(24-10-13)15-3-1-2-8-23-15/h1-3,5,7-8,10-11,17-19,27-28H,9,12H2,(H2,22,25,29)/t17-,18+,19+/m0/s1. The number of anilines is 1. The largest absolute Gasteiger partial charge is 0.394 e. The first-order valence-electron chi connectivity index (χ1n) is 9.27. The van der Waals surface area contributed by atoms with Crippen LogP contribution in [0.5, 0.6) is 0 Å². The molecule has 1 aliphatic heterocycles. The van der Waals surface area contributed by atoms with Crippen molar-refractivity contribution in [3.63, 3.8) is 0 Å². The maximum absolute atomic E-state index is 12.2. The van der Waals surface area contributed by atoms with E-state index in [2.05, 4.69) is 26.8 Å². The summed E-state index contributed by atoms with van der Waals surface area (Å²) in [5.41, 5.74) is 7.72. The van der Waals surface area contributed by atoms with Gasteiger partial charge in [-0.25, -0.2) is 4.79 Å². The topological polar surface area (TPSA) is 136 Å². The number of aliphatic hydroxyl groups excluding tert-OH is 2. The number of hydrogen-bond donors (Lipinski definition) is 3. The van der Waals surface area contributed by atoms with Gasteiger partial charge in [0, 0.05) is 30.6 Å². The zero-order valence-corrected chi connectivity index (χ0v) is 15.8. The maximum atomic E-state index is 12.2. The van der Waals surface area contributed by atoms with Crippen molar-refractivity contribution >= 4 is 5.82 Å². The van der Waals surface area contributed by atoms with Gasteiger partial charge in [0.2, 0.25) is 0 Å². The van der Waals surface area contributed by atoms with Gasteiger partial charge >= 0.3 is 5.69 Å². The first kappa shape index (κ1) is 19.7. The lowest BCUT2D eigenvalue weighted by molar-refractivity contribution is -0.0458.